The first-order valence-corrected chi connectivity index (χ1v) is 9.55. The van der Waals surface area contributed by atoms with E-state index in [2.05, 4.69) is 10.6 Å². The first-order chi connectivity index (χ1) is 13.6. The summed E-state index contributed by atoms with van der Waals surface area (Å²) in [6.45, 7) is 3.37. The van der Waals surface area contributed by atoms with Gasteiger partial charge in [0.15, 0.2) is 0 Å². The molecule has 1 aliphatic heterocycles. The van der Waals surface area contributed by atoms with E-state index in [0.717, 1.165) is 31.5 Å². The maximum Gasteiger partial charge on any atom is 0.251 e. The minimum absolute atomic E-state index is 0. The normalized spacial score (nSPS) is 15.2. The molecular weight excluding hydrogens is 395 g/mol. The molecule has 1 aliphatic rings. The Morgan fingerprint density at radius 3 is 2.66 bits per heavy atom. The van der Waals surface area contributed by atoms with Crippen LogP contribution in [0.2, 0.25) is 0 Å². The lowest BCUT2D eigenvalue weighted by Gasteiger charge is -2.37. The van der Waals surface area contributed by atoms with E-state index >= 15 is 0 Å². The number of carbonyl (C=O) groups excluding carboxylic acids is 1. The average molecular weight is 423 g/mol. The number of rotatable bonds is 8. The first kappa shape index (κ1) is 23.1. The standard InChI is InChI=1S/C22H27FN2O3.ClH/c1-27-16-22(8-10-24-11-9-22)15-25-21(26)18-5-2-4-17(12-18)14-28-20-7-3-6-19(23)13-20;/h2-7,12-13,24H,8-11,14-16H2,1H3,(H,25,26);1H. The van der Waals surface area contributed by atoms with Crippen LogP contribution in [0.1, 0.15) is 28.8 Å². The van der Waals surface area contributed by atoms with E-state index in [-0.39, 0.29) is 36.2 Å². The lowest BCUT2D eigenvalue weighted by Crippen LogP contribution is -2.47. The van der Waals surface area contributed by atoms with Crippen LogP contribution in [0.3, 0.4) is 0 Å². The molecule has 2 N–H and O–H groups in total. The lowest BCUT2D eigenvalue weighted by atomic mass is 9.79. The number of piperidine rings is 1. The summed E-state index contributed by atoms with van der Waals surface area (Å²) in [6.07, 6.45) is 1.95. The second kappa shape index (κ2) is 11.1. The largest absolute Gasteiger partial charge is 0.489 e. The van der Waals surface area contributed by atoms with Crippen LogP contribution in [0, 0.1) is 11.2 Å². The van der Waals surface area contributed by atoms with Gasteiger partial charge in [-0.05, 0) is 55.8 Å². The van der Waals surface area contributed by atoms with Crippen LogP contribution in [-0.4, -0.2) is 39.3 Å². The zero-order chi connectivity index (χ0) is 19.8. The number of hydrogen-bond acceptors (Lipinski definition) is 4. The summed E-state index contributed by atoms with van der Waals surface area (Å²) in [5.74, 6) is 0.0115. The number of amides is 1. The van der Waals surface area contributed by atoms with Crippen LogP contribution in [-0.2, 0) is 11.3 Å². The molecule has 2 aromatic rings. The summed E-state index contributed by atoms with van der Waals surface area (Å²) < 4.78 is 24.3. The van der Waals surface area contributed by atoms with Crippen LogP contribution < -0.4 is 15.4 Å². The van der Waals surface area contributed by atoms with Gasteiger partial charge in [0.05, 0.1) is 6.61 Å². The van der Waals surface area contributed by atoms with Crippen LogP contribution in [0.5, 0.6) is 5.75 Å². The molecule has 1 fully saturated rings. The molecule has 0 bridgehead atoms. The van der Waals surface area contributed by atoms with E-state index in [0.29, 0.717) is 24.5 Å². The number of hydrogen-bond donors (Lipinski definition) is 2. The van der Waals surface area contributed by atoms with Crippen molar-refractivity contribution in [3.05, 3.63) is 65.5 Å². The van der Waals surface area contributed by atoms with Crippen LogP contribution in [0.25, 0.3) is 0 Å². The van der Waals surface area contributed by atoms with Crippen LogP contribution in [0.15, 0.2) is 48.5 Å². The molecule has 1 saturated heterocycles. The van der Waals surface area contributed by atoms with Crippen LogP contribution >= 0.6 is 12.4 Å². The van der Waals surface area contributed by atoms with E-state index in [9.17, 15) is 9.18 Å². The first-order valence-electron chi connectivity index (χ1n) is 9.55. The third-order valence-electron chi connectivity index (χ3n) is 5.13. The molecule has 0 aliphatic carbocycles. The Labute approximate surface area is 177 Å². The summed E-state index contributed by atoms with van der Waals surface area (Å²) in [5.41, 5.74) is 1.42. The van der Waals surface area contributed by atoms with Gasteiger partial charge in [-0.1, -0.05) is 18.2 Å². The van der Waals surface area contributed by atoms with Crippen molar-refractivity contribution in [3.63, 3.8) is 0 Å². The van der Waals surface area contributed by atoms with Gasteiger partial charge < -0.3 is 20.1 Å². The Morgan fingerprint density at radius 2 is 1.93 bits per heavy atom. The molecule has 1 amide bonds. The molecule has 0 saturated carbocycles. The molecule has 0 unspecified atom stereocenters. The average Bonchev–Trinajstić information content (AvgIpc) is 2.72. The Hall–Kier alpha value is -2.15. The molecule has 2 aromatic carbocycles. The van der Waals surface area contributed by atoms with E-state index in [1.54, 1.807) is 31.4 Å². The maximum atomic E-state index is 13.2. The minimum Gasteiger partial charge on any atom is -0.489 e. The van der Waals surface area contributed by atoms with Crippen molar-refractivity contribution in [2.24, 2.45) is 5.41 Å². The Balaban J connectivity index is 0.00000300. The van der Waals surface area contributed by atoms with Crippen molar-refractivity contribution in [1.82, 2.24) is 10.6 Å². The van der Waals surface area contributed by atoms with E-state index in [1.165, 1.54) is 12.1 Å². The number of nitrogens with one attached hydrogen (secondary N) is 2. The van der Waals surface area contributed by atoms with Crippen molar-refractivity contribution < 1.29 is 18.7 Å². The second-order valence-corrected chi connectivity index (χ2v) is 7.31. The Kier molecular flexibility index (Phi) is 8.89. The van der Waals surface area contributed by atoms with Gasteiger partial charge in [0.25, 0.3) is 5.91 Å². The zero-order valence-electron chi connectivity index (χ0n) is 16.6. The van der Waals surface area contributed by atoms with Gasteiger partial charge in [-0.3, -0.25) is 4.79 Å². The Bertz CT molecular complexity index is 792. The molecule has 3 rings (SSSR count). The quantitative estimate of drug-likeness (QED) is 0.682. The van der Waals surface area contributed by atoms with Gasteiger partial charge in [-0.25, -0.2) is 4.39 Å². The highest BCUT2D eigenvalue weighted by atomic mass is 35.5. The molecular formula is C22H28ClFN2O3. The molecule has 0 atom stereocenters. The predicted molar refractivity (Wildman–Crippen MR) is 113 cm³/mol. The smallest absolute Gasteiger partial charge is 0.251 e. The molecule has 5 nitrogen and oxygen atoms in total. The molecule has 158 valence electrons. The summed E-state index contributed by atoms with van der Waals surface area (Å²) in [6, 6.07) is 13.3. The second-order valence-electron chi connectivity index (χ2n) is 7.31. The van der Waals surface area contributed by atoms with Crippen molar-refractivity contribution in [1.29, 1.82) is 0 Å². The van der Waals surface area contributed by atoms with E-state index in [4.69, 9.17) is 9.47 Å². The van der Waals surface area contributed by atoms with Gasteiger partial charge in [-0.2, -0.15) is 0 Å². The van der Waals surface area contributed by atoms with E-state index in [1.807, 2.05) is 12.1 Å². The molecule has 29 heavy (non-hydrogen) atoms. The van der Waals surface area contributed by atoms with Gasteiger partial charge >= 0.3 is 0 Å². The summed E-state index contributed by atoms with van der Waals surface area (Å²) in [5, 5.41) is 6.42. The van der Waals surface area contributed by atoms with Gasteiger partial charge in [0, 0.05) is 30.7 Å². The third-order valence-corrected chi connectivity index (χ3v) is 5.13. The number of methoxy groups -OCH3 is 1. The Morgan fingerprint density at radius 1 is 1.17 bits per heavy atom. The maximum absolute atomic E-state index is 13.2. The summed E-state index contributed by atoms with van der Waals surface area (Å²) >= 11 is 0. The topological polar surface area (TPSA) is 59.6 Å². The number of carbonyl (C=O) groups is 1. The van der Waals surface area contributed by atoms with Crippen molar-refractivity contribution in [2.45, 2.75) is 19.4 Å². The minimum atomic E-state index is -0.339. The van der Waals surface area contributed by atoms with Crippen LogP contribution in [0.4, 0.5) is 4.39 Å². The molecule has 7 heteroatoms. The highest BCUT2D eigenvalue weighted by molar-refractivity contribution is 5.94. The van der Waals surface area contributed by atoms with E-state index < -0.39 is 0 Å². The monoisotopic (exact) mass is 422 g/mol. The van der Waals surface area contributed by atoms with Gasteiger partial charge in [-0.15, -0.1) is 12.4 Å². The zero-order valence-corrected chi connectivity index (χ0v) is 17.4. The molecule has 0 aromatic heterocycles. The van der Waals surface area contributed by atoms with Gasteiger partial charge in [0.2, 0.25) is 0 Å². The fourth-order valence-electron chi connectivity index (χ4n) is 3.53. The summed E-state index contributed by atoms with van der Waals surface area (Å²) in [7, 11) is 1.70. The predicted octanol–water partition coefficient (Wildman–Crippen LogP) is 3.57. The lowest BCUT2D eigenvalue weighted by molar-refractivity contribution is 0.0511. The fraction of sp³-hybridized carbons (Fsp3) is 0.409. The molecule has 0 radical (unpaired) electrons. The SMILES string of the molecule is COCC1(CNC(=O)c2cccc(COc3cccc(F)c3)c2)CCNCC1.Cl. The number of ether oxygens (including phenoxy) is 2. The highest BCUT2D eigenvalue weighted by Gasteiger charge is 2.32. The van der Waals surface area contributed by atoms with Crippen molar-refractivity contribution in [3.8, 4) is 5.75 Å². The fourth-order valence-corrected chi connectivity index (χ4v) is 3.53. The third kappa shape index (κ3) is 6.70. The van der Waals surface area contributed by atoms with Gasteiger partial charge in [0.1, 0.15) is 18.2 Å². The highest BCUT2D eigenvalue weighted by Crippen LogP contribution is 2.28. The number of halogens is 2. The molecule has 0 spiro atoms. The van der Waals surface area contributed by atoms with Crippen molar-refractivity contribution >= 4 is 18.3 Å². The number of benzene rings is 2. The van der Waals surface area contributed by atoms with Crippen molar-refractivity contribution in [2.75, 3.05) is 33.4 Å². The summed E-state index contributed by atoms with van der Waals surface area (Å²) in [4.78, 5) is 12.6. The molecule has 1 heterocycles.